The SMILES string of the molecule is CC1(C)CCC(NCc2ccc(C(C)(C)C)cc2)CC1. The molecule has 1 saturated carbocycles. The summed E-state index contributed by atoms with van der Waals surface area (Å²) < 4.78 is 0. The summed E-state index contributed by atoms with van der Waals surface area (Å²) in [5.74, 6) is 0. The Bertz CT molecular complexity index is 412. The molecular formula is C19H31N. The Balaban J connectivity index is 1.83. The third kappa shape index (κ3) is 4.34. The van der Waals surface area contributed by atoms with E-state index in [-0.39, 0.29) is 5.41 Å². The molecule has 1 nitrogen and oxygen atoms in total. The summed E-state index contributed by atoms with van der Waals surface area (Å²) in [6.45, 7) is 12.6. The summed E-state index contributed by atoms with van der Waals surface area (Å²) in [6, 6.07) is 9.83. The van der Waals surface area contributed by atoms with Gasteiger partial charge in [-0.25, -0.2) is 0 Å². The minimum atomic E-state index is 0.251. The van der Waals surface area contributed by atoms with Crippen molar-refractivity contribution in [3.8, 4) is 0 Å². The molecule has 0 saturated heterocycles. The molecule has 1 aliphatic carbocycles. The minimum Gasteiger partial charge on any atom is -0.310 e. The molecule has 1 heteroatoms. The molecule has 0 bridgehead atoms. The molecule has 1 fully saturated rings. The molecule has 0 heterocycles. The molecule has 2 rings (SSSR count). The second-order valence-electron chi connectivity index (χ2n) is 8.27. The fourth-order valence-electron chi connectivity index (χ4n) is 2.99. The Morgan fingerprint density at radius 2 is 1.60 bits per heavy atom. The van der Waals surface area contributed by atoms with Gasteiger partial charge in [0, 0.05) is 12.6 Å². The first-order chi connectivity index (χ1) is 9.26. The summed E-state index contributed by atoms with van der Waals surface area (Å²) in [5.41, 5.74) is 3.64. The zero-order chi connectivity index (χ0) is 14.8. The highest BCUT2D eigenvalue weighted by Gasteiger charge is 2.26. The molecule has 0 unspecified atom stereocenters. The van der Waals surface area contributed by atoms with Crippen molar-refractivity contribution in [1.82, 2.24) is 5.32 Å². The van der Waals surface area contributed by atoms with Crippen LogP contribution in [0.25, 0.3) is 0 Å². The van der Waals surface area contributed by atoms with Crippen LogP contribution in [0, 0.1) is 5.41 Å². The molecule has 0 aliphatic heterocycles. The molecule has 0 spiro atoms. The van der Waals surface area contributed by atoms with Crippen molar-refractivity contribution >= 4 is 0 Å². The van der Waals surface area contributed by atoms with E-state index in [1.54, 1.807) is 0 Å². The van der Waals surface area contributed by atoms with Crippen LogP contribution < -0.4 is 5.32 Å². The van der Waals surface area contributed by atoms with E-state index in [4.69, 9.17) is 0 Å². The largest absolute Gasteiger partial charge is 0.310 e. The Morgan fingerprint density at radius 1 is 1.05 bits per heavy atom. The lowest BCUT2D eigenvalue weighted by Gasteiger charge is -2.34. The predicted octanol–water partition coefficient (Wildman–Crippen LogP) is 5.04. The summed E-state index contributed by atoms with van der Waals surface area (Å²) >= 11 is 0. The average molecular weight is 273 g/mol. The van der Waals surface area contributed by atoms with E-state index in [2.05, 4.69) is 64.2 Å². The lowest BCUT2D eigenvalue weighted by molar-refractivity contribution is 0.206. The zero-order valence-corrected chi connectivity index (χ0v) is 13.9. The third-order valence-electron chi connectivity index (χ3n) is 4.75. The van der Waals surface area contributed by atoms with Crippen LogP contribution in [0.1, 0.15) is 71.4 Å². The standard InChI is InChI=1S/C19H31N/c1-18(2,3)16-8-6-15(7-9-16)14-20-17-10-12-19(4,5)13-11-17/h6-9,17,20H,10-14H2,1-5H3. The Kier molecular flexibility index (Phi) is 4.59. The molecule has 20 heavy (non-hydrogen) atoms. The van der Waals surface area contributed by atoms with Crippen molar-refractivity contribution in [2.24, 2.45) is 5.41 Å². The molecular weight excluding hydrogens is 242 g/mol. The number of hydrogen-bond donors (Lipinski definition) is 1. The molecule has 1 N–H and O–H groups in total. The van der Waals surface area contributed by atoms with Gasteiger partial charge in [0.25, 0.3) is 0 Å². The van der Waals surface area contributed by atoms with Crippen LogP contribution in [0.15, 0.2) is 24.3 Å². The zero-order valence-electron chi connectivity index (χ0n) is 13.9. The van der Waals surface area contributed by atoms with Gasteiger partial charge in [-0.2, -0.15) is 0 Å². The quantitative estimate of drug-likeness (QED) is 0.813. The first-order valence-corrected chi connectivity index (χ1v) is 8.09. The topological polar surface area (TPSA) is 12.0 Å². The average Bonchev–Trinajstić information content (AvgIpc) is 2.37. The van der Waals surface area contributed by atoms with Crippen molar-refractivity contribution in [3.63, 3.8) is 0 Å². The van der Waals surface area contributed by atoms with Gasteiger partial charge in [0.1, 0.15) is 0 Å². The Morgan fingerprint density at radius 3 is 2.10 bits per heavy atom. The molecule has 1 aromatic carbocycles. The highest BCUT2D eigenvalue weighted by Crippen LogP contribution is 2.35. The summed E-state index contributed by atoms with van der Waals surface area (Å²) in [6.07, 6.45) is 5.36. The van der Waals surface area contributed by atoms with Crippen LogP contribution in [-0.4, -0.2) is 6.04 Å². The monoisotopic (exact) mass is 273 g/mol. The van der Waals surface area contributed by atoms with E-state index in [9.17, 15) is 0 Å². The van der Waals surface area contributed by atoms with Crippen LogP contribution in [0.5, 0.6) is 0 Å². The van der Waals surface area contributed by atoms with Gasteiger partial charge in [0.2, 0.25) is 0 Å². The van der Waals surface area contributed by atoms with Crippen LogP contribution in [-0.2, 0) is 12.0 Å². The smallest absolute Gasteiger partial charge is 0.0208 e. The van der Waals surface area contributed by atoms with E-state index >= 15 is 0 Å². The van der Waals surface area contributed by atoms with Crippen LogP contribution in [0.4, 0.5) is 0 Å². The normalized spacial score (nSPS) is 20.1. The highest BCUT2D eigenvalue weighted by molar-refractivity contribution is 5.27. The van der Waals surface area contributed by atoms with Gasteiger partial charge >= 0.3 is 0 Å². The van der Waals surface area contributed by atoms with Crippen LogP contribution >= 0.6 is 0 Å². The van der Waals surface area contributed by atoms with Crippen molar-refractivity contribution in [2.75, 3.05) is 0 Å². The fraction of sp³-hybridized carbons (Fsp3) is 0.684. The predicted molar refractivity (Wildman–Crippen MR) is 88.0 cm³/mol. The van der Waals surface area contributed by atoms with Gasteiger partial charge in [-0.15, -0.1) is 0 Å². The van der Waals surface area contributed by atoms with Gasteiger partial charge in [-0.1, -0.05) is 58.9 Å². The van der Waals surface area contributed by atoms with Crippen molar-refractivity contribution in [2.45, 2.75) is 78.3 Å². The van der Waals surface area contributed by atoms with E-state index in [0.29, 0.717) is 11.5 Å². The maximum Gasteiger partial charge on any atom is 0.0208 e. The van der Waals surface area contributed by atoms with Gasteiger partial charge in [0.15, 0.2) is 0 Å². The van der Waals surface area contributed by atoms with E-state index in [1.807, 2.05) is 0 Å². The summed E-state index contributed by atoms with van der Waals surface area (Å²) in [5, 5.41) is 3.73. The van der Waals surface area contributed by atoms with Gasteiger partial charge in [-0.3, -0.25) is 0 Å². The maximum absolute atomic E-state index is 3.73. The molecule has 1 aromatic rings. The lowest BCUT2D eigenvalue weighted by Crippen LogP contribution is -2.35. The first-order valence-electron chi connectivity index (χ1n) is 8.09. The van der Waals surface area contributed by atoms with Crippen molar-refractivity contribution in [3.05, 3.63) is 35.4 Å². The number of benzene rings is 1. The Hall–Kier alpha value is -0.820. The van der Waals surface area contributed by atoms with Crippen LogP contribution in [0.2, 0.25) is 0 Å². The molecule has 112 valence electrons. The highest BCUT2D eigenvalue weighted by atomic mass is 14.9. The second kappa shape index (κ2) is 5.89. The first kappa shape index (κ1) is 15.6. The van der Waals surface area contributed by atoms with Gasteiger partial charge in [-0.05, 0) is 47.6 Å². The second-order valence-corrected chi connectivity index (χ2v) is 8.27. The summed E-state index contributed by atoms with van der Waals surface area (Å²) in [7, 11) is 0. The molecule has 0 atom stereocenters. The van der Waals surface area contributed by atoms with Gasteiger partial charge < -0.3 is 5.32 Å². The summed E-state index contributed by atoms with van der Waals surface area (Å²) in [4.78, 5) is 0. The van der Waals surface area contributed by atoms with E-state index < -0.39 is 0 Å². The number of nitrogens with one attached hydrogen (secondary N) is 1. The fourth-order valence-corrected chi connectivity index (χ4v) is 2.99. The van der Waals surface area contributed by atoms with Crippen molar-refractivity contribution in [1.29, 1.82) is 0 Å². The molecule has 0 aromatic heterocycles. The number of hydrogen-bond acceptors (Lipinski definition) is 1. The van der Waals surface area contributed by atoms with Crippen LogP contribution in [0.3, 0.4) is 0 Å². The minimum absolute atomic E-state index is 0.251. The maximum atomic E-state index is 3.73. The molecule has 1 aliphatic rings. The Labute approximate surface area is 125 Å². The lowest BCUT2D eigenvalue weighted by atomic mass is 9.75. The molecule has 0 radical (unpaired) electrons. The number of rotatable bonds is 3. The van der Waals surface area contributed by atoms with Gasteiger partial charge in [0.05, 0.1) is 0 Å². The van der Waals surface area contributed by atoms with Crippen molar-refractivity contribution < 1.29 is 0 Å². The molecule has 0 amide bonds. The third-order valence-corrected chi connectivity index (χ3v) is 4.75. The van der Waals surface area contributed by atoms with E-state index in [0.717, 1.165) is 6.54 Å². The van der Waals surface area contributed by atoms with E-state index in [1.165, 1.54) is 36.8 Å².